The average Bonchev–Trinajstić information content (AvgIpc) is 2.38. The number of amides is 1. The summed E-state index contributed by atoms with van der Waals surface area (Å²) in [6.07, 6.45) is 0.607. The summed E-state index contributed by atoms with van der Waals surface area (Å²) in [7, 11) is 0. The van der Waals surface area contributed by atoms with Gasteiger partial charge in [0.25, 0.3) is 0 Å². The van der Waals surface area contributed by atoms with Gasteiger partial charge in [0.2, 0.25) is 5.91 Å². The number of ether oxygens (including phenoxy) is 1. The highest BCUT2D eigenvalue weighted by atomic mass is 32.2. The van der Waals surface area contributed by atoms with Crippen molar-refractivity contribution in [1.82, 2.24) is 0 Å². The lowest BCUT2D eigenvalue weighted by molar-refractivity contribution is -0.161. The second kappa shape index (κ2) is 8.29. The molecule has 7 heteroatoms. The van der Waals surface area contributed by atoms with Crippen LogP contribution in [0, 0.1) is 11.3 Å². The van der Waals surface area contributed by atoms with Gasteiger partial charge in [-0.1, -0.05) is 41.0 Å². The molecule has 0 heterocycles. The molecule has 0 aliphatic heterocycles. The molecule has 6 nitrogen and oxygen atoms in total. The first-order valence-corrected chi connectivity index (χ1v) is 8.05. The number of rotatable bonds is 7. The summed E-state index contributed by atoms with van der Waals surface area (Å²) in [6.45, 7) is 11.6. The molecule has 0 spiro atoms. The summed E-state index contributed by atoms with van der Waals surface area (Å²) < 4.78 is 4.98. The lowest BCUT2D eigenvalue weighted by Gasteiger charge is -2.35. The Hall–Kier alpha value is -1.20. The topological polar surface area (TPSA) is 92.1 Å². The molecule has 0 saturated carbocycles. The average molecular weight is 315 g/mol. The van der Waals surface area contributed by atoms with Gasteiger partial charge in [-0.15, -0.1) is 0 Å². The van der Waals surface area contributed by atoms with Gasteiger partial charge < -0.3 is 4.74 Å². The quantitative estimate of drug-likeness (QED) is 0.234. The SMILES string of the molecule is CCOC(=O)C(CSC(C)(C)C)(C(=O)N=[N+]=[N-])C(C)CC. The number of hydrogen-bond donors (Lipinski definition) is 0. The minimum atomic E-state index is -1.42. The minimum absolute atomic E-state index is 0.123. The molecule has 2 unspecified atom stereocenters. The predicted molar refractivity (Wildman–Crippen MR) is 84.9 cm³/mol. The molecule has 0 N–H and O–H groups in total. The van der Waals surface area contributed by atoms with Crippen LogP contribution in [-0.2, 0) is 14.3 Å². The van der Waals surface area contributed by atoms with Crippen LogP contribution in [0.25, 0.3) is 10.4 Å². The molecule has 0 aliphatic carbocycles. The fourth-order valence-corrected chi connectivity index (χ4v) is 3.02. The van der Waals surface area contributed by atoms with Crippen LogP contribution in [0.15, 0.2) is 5.11 Å². The summed E-state index contributed by atoms with van der Waals surface area (Å²) in [4.78, 5) is 27.4. The van der Waals surface area contributed by atoms with Gasteiger partial charge in [-0.2, -0.15) is 11.8 Å². The number of carbonyl (C=O) groups excluding carboxylic acids is 2. The molecular weight excluding hydrogens is 290 g/mol. The molecule has 1 amide bonds. The number of carbonyl (C=O) groups is 2. The van der Waals surface area contributed by atoms with Gasteiger partial charge in [-0.25, -0.2) is 0 Å². The summed E-state index contributed by atoms with van der Waals surface area (Å²) in [6, 6.07) is 0. The zero-order valence-corrected chi connectivity index (χ0v) is 14.5. The Labute approximate surface area is 130 Å². The highest BCUT2D eigenvalue weighted by Gasteiger charge is 2.50. The van der Waals surface area contributed by atoms with Crippen molar-refractivity contribution in [3.8, 4) is 0 Å². The molecule has 120 valence electrons. The van der Waals surface area contributed by atoms with Crippen LogP contribution in [0.3, 0.4) is 0 Å². The van der Waals surface area contributed by atoms with E-state index in [0.29, 0.717) is 6.42 Å². The number of thioether (sulfide) groups is 1. The van der Waals surface area contributed by atoms with Gasteiger partial charge in [0.05, 0.1) is 6.61 Å². The van der Waals surface area contributed by atoms with Crippen molar-refractivity contribution in [1.29, 1.82) is 0 Å². The maximum absolute atomic E-state index is 12.5. The van der Waals surface area contributed by atoms with Gasteiger partial charge in [0.1, 0.15) is 5.41 Å². The van der Waals surface area contributed by atoms with Crippen molar-refractivity contribution in [2.75, 3.05) is 12.4 Å². The third kappa shape index (κ3) is 5.25. The molecule has 21 heavy (non-hydrogen) atoms. The third-order valence-electron chi connectivity index (χ3n) is 3.34. The molecule has 0 rings (SSSR count). The second-order valence-corrected chi connectivity index (χ2v) is 7.70. The molecular formula is C14H25N3O3S. The van der Waals surface area contributed by atoms with E-state index >= 15 is 0 Å². The van der Waals surface area contributed by atoms with Crippen molar-refractivity contribution in [2.45, 2.75) is 52.7 Å². The predicted octanol–water partition coefficient (Wildman–Crippen LogP) is 3.95. The first-order chi connectivity index (χ1) is 9.65. The minimum Gasteiger partial charge on any atom is -0.465 e. The Kier molecular flexibility index (Phi) is 7.82. The molecule has 0 aromatic heterocycles. The van der Waals surface area contributed by atoms with Crippen LogP contribution in [0.2, 0.25) is 0 Å². The van der Waals surface area contributed by atoms with Crippen LogP contribution < -0.4 is 0 Å². The van der Waals surface area contributed by atoms with Gasteiger partial charge in [0.15, 0.2) is 0 Å². The van der Waals surface area contributed by atoms with Gasteiger partial charge >= 0.3 is 5.97 Å². The Morgan fingerprint density at radius 1 is 1.33 bits per heavy atom. The summed E-state index contributed by atoms with van der Waals surface area (Å²) in [5.41, 5.74) is 7.15. The van der Waals surface area contributed by atoms with Crippen LogP contribution in [0.4, 0.5) is 0 Å². The molecule has 0 radical (unpaired) electrons. The number of nitrogens with zero attached hydrogens (tertiary/aromatic N) is 3. The fraction of sp³-hybridized carbons (Fsp3) is 0.857. The normalized spacial score (nSPS) is 15.5. The van der Waals surface area contributed by atoms with E-state index in [1.54, 1.807) is 6.92 Å². The number of hydrogen-bond acceptors (Lipinski definition) is 4. The van der Waals surface area contributed by atoms with Gasteiger partial charge in [0, 0.05) is 15.4 Å². The van der Waals surface area contributed by atoms with Gasteiger partial charge in [-0.05, 0) is 23.5 Å². The second-order valence-electron chi connectivity index (χ2n) is 5.90. The van der Waals surface area contributed by atoms with E-state index in [1.165, 1.54) is 11.8 Å². The van der Waals surface area contributed by atoms with Crippen molar-refractivity contribution in [2.24, 2.45) is 16.4 Å². The first-order valence-electron chi connectivity index (χ1n) is 7.06. The van der Waals surface area contributed by atoms with Crippen molar-refractivity contribution >= 4 is 23.6 Å². The summed E-state index contributed by atoms with van der Waals surface area (Å²) >= 11 is 1.49. The molecule has 0 saturated heterocycles. The third-order valence-corrected chi connectivity index (χ3v) is 4.81. The Bertz CT molecular complexity index is 428. The molecule has 2 atom stereocenters. The first kappa shape index (κ1) is 19.8. The largest absolute Gasteiger partial charge is 0.465 e. The molecule has 0 aliphatic rings. The summed E-state index contributed by atoms with van der Waals surface area (Å²) in [5, 5.41) is 3.20. The van der Waals surface area contributed by atoms with Crippen LogP contribution >= 0.6 is 11.8 Å². The number of azide groups is 1. The van der Waals surface area contributed by atoms with Crippen molar-refractivity contribution in [3.63, 3.8) is 0 Å². The van der Waals surface area contributed by atoms with E-state index in [1.807, 2.05) is 34.6 Å². The lowest BCUT2D eigenvalue weighted by atomic mass is 9.75. The van der Waals surface area contributed by atoms with Crippen molar-refractivity contribution in [3.05, 3.63) is 10.4 Å². The maximum atomic E-state index is 12.5. The van der Waals surface area contributed by atoms with Crippen molar-refractivity contribution < 1.29 is 14.3 Å². The van der Waals surface area contributed by atoms with E-state index < -0.39 is 17.3 Å². The monoisotopic (exact) mass is 315 g/mol. The molecule has 0 bridgehead atoms. The Morgan fingerprint density at radius 3 is 2.29 bits per heavy atom. The molecule has 0 fully saturated rings. The smallest absolute Gasteiger partial charge is 0.320 e. The fourth-order valence-electron chi connectivity index (χ4n) is 1.83. The maximum Gasteiger partial charge on any atom is 0.320 e. The van der Waals surface area contributed by atoms with E-state index in [4.69, 9.17) is 10.3 Å². The molecule has 0 aromatic carbocycles. The van der Waals surface area contributed by atoms with Crippen LogP contribution in [-0.4, -0.2) is 29.0 Å². The van der Waals surface area contributed by atoms with Crippen LogP contribution in [0.1, 0.15) is 48.0 Å². The molecule has 0 aromatic rings. The Balaban J connectivity index is 5.77. The lowest BCUT2D eigenvalue weighted by Crippen LogP contribution is -2.48. The zero-order chi connectivity index (χ0) is 16.7. The standard InChI is InChI=1S/C14H25N3O3S/c1-7-10(3)14(11(18)16-17-15,12(19)20-8-2)9-21-13(4,5)6/h10H,7-9H2,1-6H3. The Morgan fingerprint density at radius 2 is 1.90 bits per heavy atom. The highest BCUT2D eigenvalue weighted by Crippen LogP contribution is 2.40. The van der Waals surface area contributed by atoms with Gasteiger partial charge in [-0.3, -0.25) is 9.59 Å². The summed E-state index contributed by atoms with van der Waals surface area (Å²) in [5.74, 6) is -1.39. The number of esters is 1. The highest BCUT2D eigenvalue weighted by molar-refractivity contribution is 8.00. The van der Waals surface area contributed by atoms with Crippen LogP contribution in [0.5, 0.6) is 0 Å². The van der Waals surface area contributed by atoms with E-state index in [2.05, 4.69) is 10.0 Å². The van der Waals surface area contributed by atoms with E-state index in [0.717, 1.165) is 0 Å². The van der Waals surface area contributed by atoms with E-state index in [-0.39, 0.29) is 23.0 Å². The van der Waals surface area contributed by atoms with E-state index in [9.17, 15) is 9.59 Å². The zero-order valence-electron chi connectivity index (χ0n) is 13.7.